The smallest absolute Gasteiger partial charge is 0.120 e. The van der Waals surface area contributed by atoms with E-state index in [9.17, 15) is 0 Å². The molecule has 2 N–H and O–H groups in total. The van der Waals surface area contributed by atoms with Crippen LogP contribution in [0.4, 0.5) is 0 Å². The van der Waals surface area contributed by atoms with Crippen LogP contribution >= 0.6 is 0 Å². The van der Waals surface area contributed by atoms with E-state index in [1.54, 1.807) is 0 Å². The minimum absolute atomic E-state index is 0.00685. The molecular weight excluding hydrogens is 126 g/mol. The monoisotopic (exact) mass is 139 g/mol. The molecule has 1 atom stereocenters. The Labute approximate surface area is 61.0 Å². The zero-order chi connectivity index (χ0) is 7.72. The molecule has 0 aliphatic rings. The van der Waals surface area contributed by atoms with E-state index in [0.717, 1.165) is 11.5 Å². The van der Waals surface area contributed by atoms with Crippen LogP contribution in [0.2, 0.25) is 0 Å². The van der Waals surface area contributed by atoms with Crippen LogP contribution in [-0.4, -0.2) is 0 Å². The highest BCUT2D eigenvalue weighted by molar-refractivity contribution is 5.20. The average Bonchev–Trinajstić information content (AvgIpc) is 2.13. The highest BCUT2D eigenvalue weighted by Gasteiger charge is 2.05. The molecule has 1 heterocycles. The molecule has 0 saturated carbocycles. The van der Waals surface area contributed by atoms with Gasteiger partial charge in [0.1, 0.15) is 11.5 Å². The summed E-state index contributed by atoms with van der Waals surface area (Å²) in [4.78, 5) is 0. The first kappa shape index (κ1) is 7.35. The first-order valence-corrected chi connectivity index (χ1v) is 3.43. The van der Waals surface area contributed by atoms with Crippen LogP contribution in [0.1, 0.15) is 30.0 Å². The molecule has 0 unspecified atom stereocenters. The lowest BCUT2D eigenvalue weighted by Crippen LogP contribution is -2.02. The van der Waals surface area contributed by atoms with Crippen LogP contribution in [0, 0.1) is 13.8 Å². The molecule has 1 aromatic heterocycles. The van der Waals surface area contributed by atoms with Crippen molar-refractivity contribution in [2.45, 2.75) is 26.8 Å². The Hall–Kier alpha value is -0.760. The second kappa shape index (κ2) is 2.46. The zero-order valence-corrected chi connectivity index (χ0v) is 6.64. The fraction of sp³-hybridized carbons (Fsp3) is 0.500. The second-order valence-corrected chi connectivity index (χ2v) is 2.68. The molecule has 2 nitrogen and oxygen atoms in total. The topological polar surface area (TPSA) is 39.2 Å². The van der Waals surface area contributed by atoms with E-state index in [1.807, 2.05) is 26.8 Å². The van der Waals surface area contributed by atoms with Crippen molar-refractivity contribution in [1.29, 1.82) is 0 Å². The van der Waals surface area contributed by atoms with Gasteiger partial charge in [-0.3, -0.25) is 0 Å². The predicted octanol–water partition coefficient (Wildman–Crippen LogP) is 1.92. The third-order valence-electron chi connectivity index (χ3n) is 1.63. The Bertz CT molecular complexity index is 206. The number of nitrogens with two attached hydrogens (primary N) is 1. The quantitative estimate of drug-likeness (QED) is 0.645. The molecule has 0 aromatic carbocycles. The summed E-state index contributed by atoms with van der Waals surface area (Å²) in [5.74, 6) is 1.84. The summed E-state index contributed by atoms with van der Waals surface area (Å²) in [5.41, 5.74) is 6.78. The molecule has 0 radical (unpaired) electrons. The number of hydrogen-bond donors (Lipinski definition) is 1. The fourth-order valence-corrected chi connectivity index (χ4v) is 0.826. The minimum Gasteiger partial charge on any atom is -0.464 e. The van der Waals surface area contributed by atoms with Gasteiger partial charge in [0.25, 0.3) is 0 Å². The number of aryl methyl sites for hydroxylation is 2. The van der Waals surface area contributed by atoms with Gasteiger partial charge in [0.2, 0.25) is 0 Å². The van der Waals surface area contributed by atoms with E-state index in [1.165, 1.54) is 5.56 Å². The van der Waals surface area contributed by atoms with Gasteiger partial charge in [-0.05, 0) is 32.4 Å². The van der Waals surface area contributed by atoms with Crippen molar-refractivity contribution in [2.24, 2.45) is 5.73 Å². The van der Waals surface area contributed by atoms with Gasteiger partial charge in [0, 0.05) is 0 Å². The van der Waals surface area contributed by atoms with E-state index in [0.29, 0.717) is 0 Å². The Kier molecular flexibility index (Phi) is 1.81. The lowest BCUT2D eigenvalue weighted by Gasteiger charge is -1.96. The highest BCUT2D eigenvalue weighted by atomic mass is 16.3. The highest BCUT2D eigenvalue weighted by Crippen LogP contribution is 2.17. The number of hydrogen-bond acceptors (Lipinski definition) is 2. The SMILES string of the molecule is Cc1cc([C@H](C)N)oc1C. The van der Waals surface area contributed by atoms with Crippen LogP contribution < -0.4 is 5.73 Å². The largest absolute Gasteiger partial charge is 0.464 e. The maximum absolute atomic E-state index is 5.60. The molecule has 2 heteroatoms. The molecule has 0 bridgehead atoms. The normalized spacial score (nSPS) is 13.6. The molecule has 0 amide bonds. The lowest BCUT2D eigenvalue weighted by molar-refractivity contribution is 0.456. The van der Waals surface area contributed by atoms with Crippen molar-refractivity contribution in [3.05, 3.63) is 23.2 Å². The van der Waals surface area contributed by atoms with E-state index >= 15 is 0 Å². The van der Waals surface area contributed by atoms with E-state index in [-0.39, 0.29) is 6.04 Å². The van der Waals surface area contributed by atoms with Gasteiger partial charge >= 0.3 is 0 Å². The molecule has 10 heavy (non-hydrogen) atoms. The van der Waals surface area contributed by atoms with Gasteiger partial charge in [-0.1, -0.05) is 0 Å². The van der Waals surface area contributed by atoms with Crippen molar-refractivity contribution < 1.29 is 4.42 Å². The summed E-state index contributed by atoms with van der Waals surface area (Å²) >= 11 is 0. The molecule has 56 valence electrons. The van der Waals surface area contributed by atoms with Gasteiger partial charge in [-0.25, -0.2) is 0 Å². The van der Waals surface area contributed by atoms with E-state index in [2.05, 4.69) is 0 Å². The Morgan fingerprint density at radius 1 is 1.50 bits per heavy atom. The van der Waals surface area contributed by atoms with Crippen molar-refractivity contribution in [1.82, 2.24) is 0 Å². The summed E-state index contributed by atoms with van der Waals surface area (Å²) < 4.78 is 5.35. The predicted molar refractivity (Wildman–Crippen MR) is 40.8 cm³/mol. The Morgan fingerprint density at radius 3 is 2.30 bits per heavy atom. The number of rotatable bonds is 1. The van der Waals surface area contributed by atoms with Crippen molar-refractivity contribution >= 4 is 0 Å². The van der Waals surface area contributed by atoms with Gasteiger partial charge in [0.15, 0.2) is 0 Å². The molecule has 1 aromatic rings. The van der Waals surface area contributed by atoms with Crippen molar-refractivity contribution in [2.75, 3.05) is 0 Å². The first-order chi connectivity index (χ1) is 4.61. The summed E-state index contributed by atoms with van der Waals surface area (Å²) in [7, 11) is 0. The molecule has 1 rings (SSSR count). The molecule has 0 saturated heterocycles. The fourth-order valence-electron chi connectivity index (χ4n) is 0.826. The second-order valence-electron chi connectivity index (χ2n) is 2.68. The van der Waals surface area contributed by atoms with Crippen LogP contribution in [0.3, 0.4) is 0 Å². The molecule has 0 fully saturated rings. The van der Waals surface area contributed by atoms with Crippen LogP contribution in [0.25, 0.3) is 0 Å². The van der Waals surface area contributed by atoms with Crippen molar-refractivity contribution in [3.8, 4) is 0 Å². The molecule has 0 spiro atoms. The summed E-state index contributed by atoms with van der Waals surface area (Å²) in [6.07, 6.45) is 0. The van der Waals surface area contributed by atoms with E-state index < -0.39 is 0 Å². The third-order valence-corrected chi connectivity index (χ3v) is 1.63. The zero-order valence-electron chi connectivity index (χ0n) is 6.64. The summed E-state index contributed by atoms with van der Waals surface area (Å²) in [6.45, 7) is 5.88. The molecule has 0 aliphatic carbocycles. The van der Waals surface area contributed by atoms with E-state index in [4.69, 9.17) is 10.2 Å². The van der Waals surface area contributed by atoms with Gasteiger partial charge in [-0.2, -0.15) is 0 Å². The maximum Gasteiger partial charge on any atom is 0.120 e. The minimum atomic E-state index is 0.00685. The third kappa shape index (κ3) is 1.21. The molecule has 0 aliphatic heterocycles. The van der Waals surface area contributed by atoms with Gasteiger partial charge in [-0.15, -0.1) is 0 Å². The maximum atomic E-state index is 5.60. The van der Waals surface area contributed by atoms with Crippen LogP contribution in [0.15, 0.2) is 10.5 Å². The Balaban J connectivity index is 2.98. The lowest BCUT2D eigenvalue weighted by atomic mass is 10.2. The molecular formula is C8H13NO. The van der Waals surface area contributed by atoms with Crippen LogP contribution in [-0.2, 0) is 0 Å². The number of furan rings is 1. The summed E-state index contributed by atoms with van der Waals surface area (Å²) in [6, 6.07) is 1.99. The van der Waals surface area contributed by atoms with Gasteiger partial charge < -0.3 is 10.2 Å². The van der Waals surface area contributed by atoms with Gasteiger partial charge in [0.05, 0.1) is 6.04 Å². The van der Waals surface area contributed by atoms with Crippen LogP contribution in [0.5, 0.6) is 0 Å². The van der Waals surface area contributed by atoms with Crippen molar-refractivity contribution in [3.63, 3.8) is 0 Å². The Morgan fingerprint density at radius 2 is 2.10 bits per heavy atom. The standard InChI is InChI=1S/C8H13NO/c1-5-4-8(6(2)9)10-7(5)3/h4,6H,9H2,1-3H3/t6-/m0/s1. The average molecular weight is 139 g/mol. The first-order valence-electron chi connectivity index (χ1n) is 3.43. The summed E-state index contributed by atoms with van der Waals surface area (Å²) in [5, 5.41) is 0.